The van der Waals surface area contributed by atoms with Crippen molar-refractivity contribution in [3.05, 3.63) is 35.5 Å². The van der Waals surface area contributed by atoms with Gasteiger partial charge in [0, 0.05) is 11.6 Å². The summed E-state index contributed by atoms with van der Waals surface area (Å²) in [5.41, 5.74) is 1.04. The zero-order chi connectivity index (χ0) is 14.5. The van der Waals surface area contributed by atoms with Gasteiger partial charge in [0.15, 0.2) is 0 Å². The molecule has 0 N–H and O–H groups in total. The van der Waals surface area contributed by atoms with Gasteiger partial charge in [0.1, 0.15) is 0 Å². The number of pyridine rings is 1. The van der Waals surface area contributed by atoms with Crippen LogP contribution in [0.4, 0.5) is 0 Å². The molecule has 0 atom stereocenters. The largest absolute Gasteiger partial charge is 0.495 e. The third-order valence-corrected chi connectivity index (χ3v) is 4.57. The van der Waals surface area contributed by atoms with E-state index in [-0.39, 0.29) is 11.2 Å². The molecule has 20 heavy (non-hydrogen) atoms. The van der Waals surface area contributed by atoms with Gasteiger partial charge in [0.2, 0.25) is 0 Å². The average Bonchev–Trinajstić information content (AvgIpc) is 2.59. The molecule has 1 aliphatic rings. The number of fused-ring (bicyclic) bond motifs is 1. The van der Waals surface area contributed by atoms with Crippen molar-refractivity contribution in [3.8, 4) is 0 Å². The van der Waals surface area contributed by atoms with Crippen LogP contribution in [-0.2, 0) is 9.31 Å². The van der Waals surface area contributed by atoms with Crippen LogP contribution in [0.2, 0.25) is 5.02 Å². The first-order valence-electron chi connectivity index (χ1n) is 6.71. The van der Waals surface area contributed by atoms with Crippen molar-refractivity contribution in [1.29, 1.82) is 0 Å². The highest BCUT2D eigenvalue weighted by Crippen LogP contribution is 2.37. The van der Waals surface area contributed by atoms with E-state index in [9.17, 15) is 0 Å². The maximum absolute atomic E-state index is 6.20. The molecule has 1 aliphatic heterocycles. The van der Waals surface area contributed by atoms with Crippen LogP contribution >= 0.6 is 11.6 Å². The van der Waals surface area contributed by atoms with Crippen molar-refractivity contribution in [2.75, 3.05) is 0 Å². The summed E-state index contributed by atoms with van der Waals surface area (Å²) >= 11 is 6.20. The summed E-state index contributed by atoms with van der Waals surface area (Å²) in [6.45, 7) is 8.18. The maximum Gasteiger partial charge on any atom is 0.495 e. The molecular formula is C15H17BClNO2. The molecule has 1 fully saturated rings. The predicted octanol–water partition coefficient (Wildman–Crippen LogP) is 3.19. The smallest absolute Gasteiger partial charge is 0.399 e. The highest BCUT2D eigenvalue weighted by atomic mass is 35.5. The second-order valence-electron chi connectivity index (χ2n) is 6.12. The summed E-state index contributed by atoms with van der Waals surface area (Å²) in [7, 11) is -0.399. The molecule has 104 valence electrons. The van der Waals surface area contributed by atoms with Gasteiger partial charge in [-0.1, -0.05) is 23.7 Å². The van der Waals surface area contributed by atoms with Crippen molar-refractivity contribution in [3.63, 3.8) is 0 Å². The van der Waals surface area contributed by atoms with Crippen LogP contribution in [0.1, 0.15) is 27.7 Å². The summed E-state index contributed by atoms with van der Waals surface area (Å²) in [5, 5.41) is 1.61. The first-order chi connectivity index (χ1) is 9.32. The fourth-order valence-electron chi connectivity index (χ4n) is 2.34. The van der Waals surface area contributed by atoms with Gasteiger partial charge >= 0.3 is 7.12 Å². The zero-order valence-electron chi connectivity index (χ0n) is 12.1. The molecule has 2 heterocycles. The number of aromatic nitrogens is 1. The van der Waals surface area contributed by atoms with Crippen molar-refractivity contribution < 1.29 is 9.31 Å². The lowest BCUT2D eigenvalue weighted by Crippen LogP contribution is -2.41. The Hall–Kier alpha value is -1.10. The van der Waals surface area contributed by atoms with Gasteiger partial charge < -0.3 is 9.31 Å². The standard InChI is InChI=1S/C15H17BClNO2/c1-14(2)15(3,4)20-16(19-14)11-7-8-12(17)13-10(11)6-5-9-18-13/h5-9H,1-4H3. The lowest BCUT2D eigenvalue weighted by Gasteiger charge is -2.32. The van der Waals surface area contributed by atoms with Gasteiger partial charge in [0.05, 0.1) is 21.7 Å². The molecule has 0 spiro atoms. The molecule has 5 heteroatoms. The molecule has 1 saturated heterocycles. The quantitative estimate of drug-likeness (QED) is 0.756. The van der Waals surface area contributed by atoms with E-state index in [0.717, 1.165) is 16.4 Å². The molecule has 0 bridgehead atoms. The molecule has 1 aromatic heterocycles. The topological polar surface area (TPSA) is 31.4 Å². The summed E-state index contributed by atoms with van der Waals surface area (Å²) in [4.78, 5) is 4.34. The predicted molar refractivity (Wildman–Crippen MR) is 82.5 cm³/mol. The fraction of sp³-hybridized carbons (Fsp3) is 0.400. The Balaban J connectivity index is 2.11. The second-order valence-corrected chi connectivity index (χ2v) is 6.53. The summed E-state index contributed by atoms with van der Waals surface area (Å²) in [6.07, 6.45) is 1.74. The van der Waals surface area contributed by atoms with Gasteiger partial charge in [-0.3, -0.25) is 4.98 Å². The van der Waals surface area contributed by atoms with Crippen molar-refractivity contribution in [1.82, 2.24) is 4.98 Å². The molecule has 0 unspecified atom stereocenters. The maximum atomic E-state index is 6.20. The van der Waals surface area contributed by atoms with Crippen LogP contribution in [0.3, 0.4) is 0 Å². The third kappa shape index (κ3) is 2.03. The number of hydrogen-bond acceptors (Lipinski definition) is 3. The van der Waals surface area contributed by atoms with Crippen LogP contribution in [0, 0.1) is 0 Å². The molecule has 0 aliphatic carbocycles. The Morgan fingerprint density at radius 2 is 1.70 bits per heavy atom. The van der Waals surface area contributed by atoms with E-state index in [1.807, 2.05) is 52.0 Å². The van der Waals surface area contributed by atoms with Gasteiger partial charge in [-0.15, -0.1) is 0 Å². The van der Waals surface area contributed by atoms with Crippen LogP contribution < -0.4 is 5.46 Å². The molecule has 0 amide bonds. The number of benzene rings is 1. The van der Waals surface area contributed by atoms with E-state index in [1.54, 1.807) is 6.20 Å². The van der Waals surface area contributed by atoms with Gasteiger partial charge in [-0.25, -0.2) is 0 Å². The Kier molecular flexibility index (Phi) is 3.09. The van der Waals surface area contributed by atoms with Crippen LogP contribution in [0.15, 0.2) is 30.5 Å². The van der Waals surface area contributed by atoms with E-state index in [2.05, 4.69) is 4.98 Å². The minimum atomic E-state index is -0.399. The first-order valence-corrected chi connectivity index (χ1v) is 7.08. The van der Waals surface area contributed by atoms with Gasteiger partial charge in [-0.05, 0) is 45.3 Å². The van der Waals surface area contributed by atoms with Crippen molar-refractivity contribution in [2.24, 2.45) is 0 Å². The molecular weight excluding hydrogens is 272 g/mol. The molecule has 0 saturated carbocycles. The summed E-state index contributed by atoms with van der Waals surface area (Å²) in [5.74, 6) is 0. The SMILES string of the molecule is CC1(C)OB(c2ccc(Cl)c3ncccc23)OC1(C)C. The minimum absolute atomic E-state index is 0.355. The first kappa shape index (κ1) is 13.9. The lowest BCUT2D eigenvalue weighted by atomic mass is 9.77. The Morgan fingerprint density at radius 1 is 1.05 bits per heavy atom. The summed E-state index contributed by atoms with van der Waals surface area (Å²) in [6, 6.07) is 7.69. The minimum Gasteiger partial charge on any atom is -0.399 e. The fourth-order valence-corrected chi connectivity index (χ4v) is 2.55. The zero-order valence-corrected chi connectivity index (χ0v) is 12.9. The van der Waals surface area contributed by atoms with Crippen LogP contribution in [0.5, 0.6) is 0 Å². The highest BCUT2D eigenvalue weighted by molar-refractivity contribution is 6.65. The number of nitrogens with zero attached hydrogens (tertiary/aromatic N) is 1. The van der Waals surface area contributed by atoms with Gasteiger partial charge in [-0.2, -0.15) is 0 Å². The molecule has 3 rings (SSSR count). The molecule has 3 nitrogen and oxygen atoms in total. The monoisotopic (exact) mass is 289 g/mol. The van der Waals surface area contributed by atoms with Crippen LogP contribution in [0.25, 0.3) is 10.9 Å². The molecule has 1 aromatic carbocycles. The number of hydrogen-bond donors (Lipinski definition) is 0. The molecule has 2 aromatic rings. The normalized spacial score (nSPS) is 20.6. The third-order valence-electron chi connectivity index (χ3n) is 4.26. The Morgan fingerprint density at radius 3 is 2.35 bits per heavy atom. The second kappa shape index (κ2) is 4.45. The lowest BCUT2D eigenvalue weighted by molar-refractivity contribution is 0.00578. The van der Waals surface area contributed by atoms with E-state index >= 15 is 0 Å². The van der Waals surface area contributed by atoms with Gasteiger partial charge in [0.25, 0.3) is 0 Å². The Bertz CT molecular complexity index is 656. The Labute approximate surface area is 124 Å². The van der Waals surface area contributed by atoms with Crippen molar-refractivity contribution >= 4 is 35.1 Å². The summed E-state index contributed by atoms with van der Waals surface area (Å²) < 4.78 is 12.2. The average molecular weight is 290 g/mol. The highest BCUT2D eigenvalue weighted by Gasteiger charge is 2.52. The van der Waals surface area contributed by atoms with Crippen molar-refractivity contribution in [2.45, 2.75) is 38.9 Å². The number of rotatable bonds is 1. The van der Waals surface area contributed by atoms with E-state index in [1.165, 1.54) is 0 Å². The van der Waals surface area contributed by atoms with E-state index in [4.69, 9.17) is 20.9 Å². The molecule has 0 radical (unpaired) electrons. The van der Waals surface area contributed by atoms with E-state index in [0.29, 0.717) is 5.02 Å². The number of halogens is 1. The van der Waals surface area contributed by atoms with E-state index < -0.39 is 7.12 Å². The van der Waals surface area contributed by atoms with Crippen LogP contribution in [-0.4, -0.2) is 23.3 Å².